The quantitative estimate of drug-likeness (QED) is 0.358. The number of anilines is 1. The Morgan fingerprint density at radius 1 is 1.06 bits per heavy atom. The van der Waals surface area contributed by atoms with Crippen LogP contribution in [0, 0.1) is 0 Å². The van der Waals surface area contributed by atoms with Gasteiger partial charge in [-0.05, 0) is 40.5 Å². The fraction of sp³-hybridized carbons (Fsp3) is 0.250. The maximum atomic E-state index is 13.0. The van der Waals surface area contributed by atoms with Gasteiger partial charge in [-0.25, -0.2) is 9.97 Å². The zero-order valence-corrected chi connectivity index (χ0v) is 20.4. The van der Waals surface area contributed by atoms with Gasteiger partial charge in [0.25, 0.3) is 5.91 Å². The second-order valence-corrected chi connectivity index (χ2v) is 10.2. The molecule has 1 fully saturated rings. The lowest BCUT2D eigenvalue weighted by Crippen LogP contribution is -2.46. The van der Waals surface area contributed by atoms with Gasteiger partial charge >= 0.3 is 0 Å². The zero-order valence-electron chi connectivity index (χ0n) is 19.6. The third-order valence-electron chi connectivity index (χ3n) is 6.78. The molecule has 176 valence electrons. The Hall–Kier alpha value is -3.55. The number of carbonyl (C=O) groups is 1. The molecule has 0 unspecified atom stereocenters. The highest BCUT2D eigenvalue weighted by atomic mass is 32.1. The van der Waals surface area contributed by atoms with E-state index in [2.05, 4.69) is 71.1 Å². The van der Waals surface area contributed by atoms with Crippen LogP contribution in [0.2, 0.25) is 0 Å². The van der Waals surface area contributed by atoms with Crippen LogP contribution in [0.15, 0.2) is 66.9 Å². The predicted molar refractivity (Wildman–Crippen MR) is 145 cm³/mol. The van der Waals surface area contributed by atoms with E-state index < -0.39 is 0 Å². The van der Waals surface area contributed by atoms with Crippen LogP contribution in [-0.2, 0) is 0 Å². The van der Waals surface area contributed by atoms with Crippen molar-refractivity contribution in [1.29, 1.82) is 0 Å². The number of hydrogen-bond donors (Lipinski definition) is 2. The van der Waals surface area contributed by atoms with Crippen molar-refractivity contribution < 1.29 is 4.79 Å². The van der Waals surface area contributed by atoms with Gasteiger partial charge in [0, 0.05) is 54.4 Å². The standard InChI is InChI=1S/C28H27N5OS/c1-18(21-8-4-6-19-5-2-3-7-22(19)21)16-30-28-31-17-20-9-10-24-23(26(20)32-28)15-25(35-24)27(34)33-13-11-29-12-14-33/h2-10,15,17-18,29H,11-14,16H2,1H3,(H,30,31,32)/t18-/m1/s1. The Kier molecular flexibility index (Phi) is 5.80. The van der Waals surface area contributed by atoms with Crippen LogP contribution in [-0.4, -0.2) is 53.5 Å². The molecule has 6 nitrogen and oxygen atoms in total. The molecule has 0 spiro atoms. The summed E-state index contributed by atoms with van der Waals surface area (Å²) in [6, 6.07) is 21.1. The first kappa shape index (κ1) is 21.9. The highest BCUT2D eigenvalue weighted by Crippen LogP contribution is 2.32. The first-order valence-corrected chi connectivity index (χ1v) is 12.9. The zero-order chi connectivity index (χ0) is 23.8. The van der Waals surface area contributed by atoms with Crippen LogP contribution in [0.5, 0.6) is 0 Å². The van der Waals surface area contributed by atoms with Crippen LogP contribution >= 0.6 is 11.3 Å². The Balaban J connectivity index is 1.27. The number of thiophene rings is 1. The average Bonchev–Trinajstić information content (AvgIpc) is 3.36. The molecule has 3 heterocycles. The maximum absolute atomic E-state index is 13.0. The summed E-state index contributed by atoms with van der Waals surface area (Å²) in [6.45, 7) is 6.14. The lowest BCUT2D eigenvalue weighted by Gasteiger charge is -2.26. The normalized spacial score (nSPS) is 15.1. The number of rotatable bonds is 5. The molecule has 3 aromatic carbocycles. The molecule has 2 aromatic heterocycles. The third-order valence-corrected chi connectivity index (χ3v) is 7.87. The molecule has 0 bridgehead atoms. The highest BCUT2D eigenvalue weighted by Gasteiger charge is 2.21. The van der Waals surface area contributed by atoms with Gasteiger partial charge in [-0.15, -0.1) is 11.3 Å². The number of amides is 1. The fourth-order valence-corrected chi connectivity index (χ4v) is 5.89. The summed E-state index contributed by atoms with van der Waals surface area (Å²) in [5.41, 5.74) is 2.20. The molecule has 7 heteroatoms. The van der Waals surface area contributed by atoms with Crippen molar-refractivity contribution in [2.24, 2.45) is 0 Å². The van der Waals surface area contributed by atoms with E-state index in [1.165, 1.54) is 16.3 Å². The Morgan fingerprint density at radius 2 is 1.89 bits per heavy atom. The molecule has 2 N–H and O–H groups in total. The Labute approximate surface area is 208 Å². The van der Waals surface area contributed by atoms with Gasteiger partial charge in [0.1, 0.15) is 0 Å². The van der Waals surface area contributed by atoms with E-state index in [4.69, 9.17) is 4.98 Å². The van der Waals surface area contributed by atoms with Crippen molar-refractivity contribution in [2.75, 3.05) is 38.0 Å². The molecule has 35 heavy (non-hydrogen) atoms. The number of piperazine rings is 1. The molecular formula is C28H27N5OS. The van der Waals surface area contributed by atoms with Gasteiger partial charge in [0.15, 0.2) is 0 Å². The Bertz CT molecular complexity index is 1530. The first-order valence-electron chi connectivity index (χ1n) is 12.1. The van der Waals surface area contributed by atoms with Crippen molar-refractivity contribution in [3.8, 4) is 0 Å². The number of benzene rings is 3. The van der Waals surface area contributed by atoms with E-state index in [9.17, 15) is 4.79 Å². The molecule has 0 aliphatic carbocycles. The number of hydrogen-bond acceptors (Lipinski definition) is 6. The van der Waals surface area contributed by atoms with Gasteiger partial charge < -0.3 is 15.5 Å². The summed E-state index contributed by atoms with van der Waals surface area (Å²) in [5.74, 6) is 1.01. The third kappa shape index (κ3) is 4.22. The SMILES string of the molecule is C[C@H](CNc1ncc2ccc3sc(C(=O)N4CCNCC4)cc3c2n1)c1cccc2ccccc12. The number of aromatic nitrogens is 2. The fourth-order valence-electron chi connectivity index (χ4n) is 4.86. The topological polar surface area (TPSA) is 70.2 Å². The lowest BCUT2D eigenvalue weighted by molar-refractivity contribution is 0.0741. The molecule has 1 aliphatic heterocycles. The molecule has 1 saturated heterocycles. The molecule has 0 saturated carbocycles. The van der Waals surface area contributed by atoms with E-state index in [0.717, 1.165) is 58.6 Å². The molecule has 1 atom stereocenters. The molecule has 6 rings (SSSR count). The number of nitrogens with zero attached hydrogens (tertiary/aromatic N) is 3. The molecule has 0 radical (unpaired) electrons. The summed E-state index contributed by atoms with van der Waals surface area (Å²) in [5, 5.41) is 11.3. The first-order chi connectivity index (χ1) is 17.2. The Morgan fingerprint density at radius 3 is 2.77 bits per heavy atom. The maximum Gasteiger partial charge on any atom is 0.264 e. The largest absolute Gasteiger partial charge is 0.354 e. The minimum absolute atomic E-state index is 0.108. The molecule has 1 aliphatic rings. The van der Waals surface area contributed by atoms with Crippen molar-refractivity contribution in [1.82, 2.24) is 20.2 Å². The summed E-state index contributed by atoms with van der Waals surface area (Å²) < 4.78 is 1.07. The van der Waals surface area contributed by atoms with E-state index >= 15 is 0 Å². The summed E-state index contributed by atoms with van der Waals surface area (Å²) in [6.07, 6.45) is 1.86. The number of carbonyl (C=O) groups excluding carboxylic acids is 1. The summed E-state index contributed by atoms with van der Waals surface area (Å²) in [7, 11) is 0. The van der Waals surface area contributed by atoms with Crippen LogP contribution in [0.4, 0.5) is 5.95 Å². The van der Waals surface area contributed by atoms with E-state index in [0.29, 0.717) is 11.9 Å². The van der Waals surface area contributed by atoms with Crippen LogP contribution in [0.25, 0.3) is 31.8 Å². The van der Waals surface area contributed by atoms with E-state index in [1.807, 2.05) is 23.2 Å². The highest BCUT2D eigenvalue weighted by molar-refractivity contribution is 7.21. The summed E-state index contributed by atoms with van der Waals surface area (Å²) >= 11 is 1.54. The minimum Gasteiger partial charge on any atom is -0.354 e. The second kappa shape index (κ2) is 9.24. The van der Waals surface area contributed by atoms with Gasteiger partial charge in [-0.1, -0.05) is 49.4 Å². The molecule has 1 amide bonds. The monoisotopic (exact) mass is 481 g/mol. The molecule has 5 aromatic rings. The number of nitrogens with one attached hydrogen (secondary N) is 2. The second-order valence-electron chi connectivity index (χ2n) is 9.11. The van der Waals surface area contributed by atoms with Crippen LogP contribution in [0.3, 0.4) is 0 Å². The molecular weight excluding hydrogens is 454 g/mol. The lowest BCUT2D eigenvalue weighted by atomic mass is 9.95. The van der Waals surface area contributed by atoms with Crippen LogP contribution < -0.4 is 10.6 Å². The van der Waals surface area contributed by atoms with Gasteiger partial charge in [-0.3, -0.25) is 4.79 Å². The van der Waals surface area contributed by atoms with E-state index in [-0.39, 0.29) is 5.91 Å². The van der Waals surface area contributed by atoms with Crippen molar-refractivity contribution >= 4 is 55.0 Å². The average molecular weight is 482 g/mol. The van der Waals surface area contributed by atoms with Crippen LogP contribution in [0.1, 0.15) is 28.1 Å². The van der Waals surface area contributed by atoms with Crippen molar-refractivity contribution in [3.05, 3.63) is 77.3 Å². The summed E-state index contributed by atoms with van der Waals surface area (Å²) in [4.78, 5) is 25.2. The minimum atomic E-state index is 0.108. The smallest absolute Gasteiger partial charge is 0.264 e. The van der Waals surface area contributed by atoms with Crippen molar-refractivity contribution in [2.45, 2.75) is 12.8 Å². The van der Waals surface area contributed by atoms with Crippen molar-refractivity contribution in [3.63, 3.8) is 0 Å². The number of fused-ring (bicyclic) bond motifs is 4. The predicted octanol–water partition coefficient (Wildman–Crippen LogP) is 5.26. The van der Waals surface area contributed by atoms with E-state index in [1.54, 1.807) is 11.3 Å². The van der Waals surface area contributed by atoms with Gasteiger partial charge in [-0.2, -0.15) is 0 Å². The van der Waals surface area contributed by atoms with Gasteiger partial charge in [0.05, 0.1) is 10.4 Å². The van der Waals surface area contributed by atoms with Gasteiger partial charge in [0.2, 0.25) is 5.95 Å².